The molecule has 0 radical (unpaired) electrons. The highest BCUT2D eigenvalue weighted by atomic mass is 16.4. The molecule has 0 saturated heterocycles. The molecule has 1 aromatic carbocycles. The second-order valence-electron chi connectivity index (χ2n) is 4.57. The Morgan fingerprint density at radius 1 is 1.32 bits per heavy atom. The maximum atomic E-state index is 11.8. The smallest absolute Gasteiger partial charge is 0.326 e. The minimum atomic E-state index is -1.04. The molecule has 1 rings (SSSR count). The number of phenolic OH excluding ortho intramolecular Hbond substituents is 1. The molecule has 0 aromatic heterocycles. The van der Waals surface area contributed by atoms with E-state index in [-0.39, 0.29) is 18.1 Å². The number of hydrogen-bond donors (Lipinski definition) is 3. The van der Waals surface area contributed by atoms with Crippen molar-refractivity contribution in [3.8, 4) is 5.75 Å². The third-order valence-electron chi connectivity index (χ3n) is 3.14. The van der Waals surface area contributed by atoms with E-state index in [9.17, 15) is 14.7 Å². The van der Waals surface area contributed by atoms with Crippen LogP contribution in [0.1, 0.15) is 25.8 Å². The monoisotopic (exact) mass is 265 g/mol. The van der Waals surface area contributed by atoms with E-state index < -0.39 is 17.9 Å². The Balaban J connectivity index is 2.68. The zero-order valence-corrected chi connectivity index (χ0v) is 11.1. The summed E-state index contributed by atoms with van der Waals surface area (Å²) in [6, 6.07) is 5.60. The van der Waals surface area contributed by atoms with Gasteiger partial charge in [0.1, 0.15) is 11.8 Å². The first-order chi connectivity index (χ1) is 8.95. The van der Waals surface area contributed by atoms with E-state index in [0.29, 0.717) is 12.0 Å². The maximum absolute atomic E-state index is 11.8. The van der Waals surface area contributed by atoms with Gasteiger partial charge in [-0.3, -0.25) is 4.79 Å². The molecule has 0 heterocycles. The zero-order valence-electron chi connectivity index (χ0n) is 11.1. The molecular formula is C14H19NO4. The zero-order chi connectivity index (χ0) is 14.4. The lowest BCUT2D eigenvalue weighted by molar-refractivity contribution is -0.143. The fourth-order valence-electron chi connectivity index (χ4n) is 1.74. The summed E-state index contributed by atoms with van der Waals surface area (Å²) in [7, 11) is 0. The molecule has 2 atom stereocenters. The number of carbonyl (C=O) groups is 2. The highest BCUT2D eigenvalue weighted by Crippen LogP contribution is 2.16. The average Bonchev–Trinajstić information content (AvgIpc) is 2.37. The van der Waals surface area contributed by atoms with E-state index in [4.69, 9.17) is 5.11 Å². The number of nitrogens with one attached hydrogen (secondary N) is 1. The van der Waals surface area contributed by atoms with Crippen molar-refractivity contribution in [2.75, 3.05) is 0 Å². The van der Waals surface area contributed by atoms with Gasteiger partial charge < -0.3 is 15.5 Å². The Morgan fingerprint density at radius 3 is 2.47 bits per heavy atom. The van der Waals surface area contributed by atoms with Crippen LogP contribution in [0.4, 0.5) is 0 Å². The second-order valence-corrected chi connectivity index (χ2v) is 4.57. The number of benzene rings is 1. The lowest BCUT2D eigenvalue weighted by atomic mass is 9.99. The van der Waals surface area contributed by atoms with Crippen LogP contribution in [0.5, 0.6) is 5.75 Å². The Hall–Kier alpha value is -2.04. The van der Waals surface area contributed by atoms with Gasteiger partial charge in [0.25, 0.3) is 0 Å². The van der Waals surface area contributed by atoms with Crippen molar-refractivity contribution in [2.45, 2.75) is 32.7 Å². The first kappa shape index (κ1) is 15.0. The van der Waals surface area contributed by atoms with Gasteiger partial charge in [0, 0.05) is 5.56 Å². The Bertz CT molecular complexity index is 459. The van der Waals surface area contributed by atoms with Gasteiger partial charge in [-0.25, -0.2) is 4.79 Å². The molecule has 3 N–H and O–H groups in total. The highest BCUT2D eigenvalue weighted by Gasteiger charge is 2.25. The van der Waals surface area contributed by atoms with E-state index in [1.165, 1.54) is 6.07 Å². The van der Waals surface area contributed by atoms with Crippen LogP contribution in [0, 0.1) is 5.92 Å². The quantitative estimate of drug-likeness (QED) is 0.728. The topological polar surface area (TPSA) is 86.6 Å². The fourth-order valence-corrected chi connectivity index (χ4v) is 1.74. The Morgan fingerprint density at radius 2 is 1.95 bits per heavy atom. The summed E-state index contributed by atoms with van der Waals surface area (Å²) in [4.78, 5) is 22.9. The van der Waals surface area contributed by atoms with Gasteiger partial charge in [0.05, 0.1) is 6.42 Å². The number of aliphatic carboxylic acids is 1. The number of hydrogen-bond acceptors (Lipinski definition) is 3. The van der Waals surface area contributed by atoms with Crippen molar-refractivity contribution in [3.63, 3.8) is 0 Å². The summed E-state index contributed by atoms with van der Waals surface area (Å²) in [5, 5.41) is 21.1. The van der Waals surface area contributed by atoms with Gasteiger partial charge in [0.2, 0.25) is 5.91 Å². The molecule has 0 fully saturated rings. The second kappa shape index (κ2) is 6.78. The number of phenols is 1. The predicted molar refractivity (Wildman–Crippen MR) is 70.8 cm³/mol. The van der Waals surface area contributed by atoms with Crippen LogP contribution in [-0.2, 0) is 16.0 Å². The van der Waals surface area contributed by atoms with Crippen LogP contribution in [-0.4, -0.2) is 28.1 Å². The van der Waals surface area contributed by atoms with Gasteiger partial charge >= 0.3 is 5.97 Å². The van der Waals surface area contributed by atoms with Crippen LogP contribution in [0.25, 0.3) is 0 Å². The number of para-hydroxylation sites is 1. The first-order valence-corrected chi connectivity index (χ1v) is 6.24. The van der Waals surface area contributed by atoms with Crippen molar-refractivity contribution in [1.82, 2.24) is 5.32 Å². The number of aromatic hydroxyl groups is 1. The van der Waals surface area contributed by atoms with E-state index in [2.05, 4.69) is 5.32 Å². The van der Waals surface area contributed by atoms with Crippen molar-refractivity contribution in [1.29, 1.82) is 0 Å². The van der Waals surface area contributed by atoms with E-state index in [0.717, 1.165) is 0 Å². The summed E-state index contributed by atoms with van der Waals surface area (Å²) in [5.41, 5.74) is 0.480. The molecule has 0 aliphatic heterocycles. The molecule has 0 bridgehead atoms. The van der Waals surface area contributed by atoms with E-state index in [1.54, 1.807) is 25.1 Å². The largest absolute Gasteiger partial charge is 0.508 e. The van der Waals surface area contributed by atoms with Crippen LogP contribution in [0.2, 0.25) is 0 Å². The minimum Gasteiger partial charge on any atom is -0.508 e. The van der Waals surface area contributed by atoms with Crippen molar-refractivity contribution >= 4 is 11.9 Å². The molecule has 0 aliphatic rings. The third-order valence-corrected chi connectivity index (χ3v) is 3.14. The van der Waals surface area contributed by atoms with Crippen LogP contribution >= 0.6 is 0 Å². The average molecular weight is 265 g/mol. The van der Waals surface area contributed by atoms with Crippen LogP contribution < -0.4 is 5.32 Å². The molecular weight excluding hydrogens is 246 g/mol. The van der Waals surface area contributed by atoms with Gasteiger partial charge in [-0.05, 0) is 12.0 Å². The summed E-state index contributed by atoms with van der Waals surface area (Å²) < 4.78 is 0. The number of amides is 1. The van der Waals surface area contributed by atoms with E-state index >= 15 is 0 Å². The lowest BCUT2D eigenvalue weighted by Crippen LogP contribution is -2.45. The molecule has 5 heteroatoms. The Labute approximate surface area is 112 Å². The molecule has 0 unspecified atom stereocenters. The predicted octanol–water partition coefficient (Wildman–Crippen LogP) is 1.55. The number of carboxylic acid groups (broad SMARTS) is 1. The summed E-state index contributed by atoms with van der Waals surface area (Å²) in [5.74, 6) is -1.56. The van der Waals surface area contributed by atoms with Gasteiger partial charge in [0.15, 0.2) is 0 Å². The number of rotatable bonds is 6. The van der Waals surface area contributed by atoms with E-state index in [1.807, 2.05) is 6.92 Å². The highest BCUT2D eigenvalue weighted by molar-refractivity contribution is 5.85. The molecule has 0 aliphatic carbocycles. The lowest BCUT2D eigenvalue weighted by Gasteiger charge is -2.20. The summed E-state index contributed by atoms with van der Waals surface area (Å²) in [6.45, 7) is 3.65. The molecule has 19 heavy (non-hydrogen) atoms. The van der Waals surface area contributed by atoms with Gasteiger partial charge in [-0.15, -0.1) is 0 Å². The molecule has 104 valence electrons. The maximum Gasteiger partial charge on any atom is 0.326 e. The normalized spacial score (nSPS) is 13.6. The molecule has 1 amide bonds. The van der Waals surface area contributed by atoms with Crippen molar-refractivity contribution in [3.05, 3.63) is 29.8 Å². The summed E-state index contributed by atoms with van der Waals surface area (Å²) in [6.07, 6.45) is 0.626. The summed E-state index contributed by atoms with van der Waals surface area (Å²) >= 11 is 0. The molecule has 1 aromatic rings. The number of carboxylic acids is 1. The standard InChI is InChI=1S/C14H19NO4/c1-3-9(2)13(14(18)19)15-12(17)8-10-6-4-5-7-11(10)16/h4-7,9,13,16H,3,8H2,1-2H3,(H,15,17)(H,18,19)/t9-,13-/m0/s1. The third kappa shape index (κ3) is 4.28. The minimum absolute atomic E-state index is 0.0348. The number of carbonyl (C=O) groups excluding carboxylic acids is 1. The van der Waals surface area contributed by atoms with Gasteiger partial charge in [-0.1, -0.05) is 38.5 Å². The van der Waals surface area contributed by atoms with Gasteiger partial charge in [-0.2, -0.15) is 0 Å². The molecule has 5 nitrogen and oxygen atoms in total. The molecule has 0 saturated carbocycles. The Kier molecular flexibility index (Phi) is 5.36. The van der Waals surface area contributed by atoms with Crippen LogP contribution in [0.3, 0.4) is 0 Å². The SMILES string of the molecule is CC[C@H](C)[C@H](NC(=O)Cc1ccccc1O)C(=O)O. The first-order valence-electron chi connectivity index (χ1n) is 6.24. The molecule has 0 spiro atoms. The van der Waals surface area contributed by atoms with Crippen molar-refractivity contribution in [2.24, 2.45) is 5.92 Å². The van der Waals surface area contributed by atoms with Crippen LogP contribution in [0.15, 0.2) is 24.3 Å². The van der Waals surface area contributed by atoms with Crippen molar-refractivity contribution < 1.29 is 19.8 Å². The fraction of sp³-hybridized carbons (Fsp3) is 0.429.